The third-order valence-electron chi connectivity index (χ3n) is 6.50. The fraction of sp³-hybridized carbons (Fsp3) is 0.321. The van der Waals surface area contributed by atoms with Gasteiger partial charge in [-0.25, -0.2) is 0 Å². The second-order valence-electron chi connectivity index (χ2n) is 9.14. The molecule has 1 aliphatic carbocycles. The minimum atomic E-state index is 0.307. The number of aromatic amines is 1. The van der Waals surface area contributed by atoms with Crippen LogP contribution in [0.2, 0.25) is 0 Å². The van der Waals surface area contributed by atoms with E-state index >= 15 is 0 Å². The van der Waals surface area contributed by atoms with Crippen molar-refractivity contribution in [3.63, 3.8) is 0 Å². The van der Waals surface area contributed by atoms with E-state index in [2.05, 4.69) is 74.8 Å². The third-order valence-corrected chi connectivity index (χ3v) is 6.50. The Labute approximate surface area is 201 Å². The Kier molecular flexibility index (Phi) is 7.08. The Morgan fingerprint density at radius 3 is 2.56 bits per heavy atom. The van der Waals surface area contributed by atoms with Crippen molar-refractivity contribution < 1.29 is 0 Å². The van der Waals surface area contributed by atoms with Crippen molar-refractivity contribution in [3.8, 4) is 0 Å². The molecule has 1 unspecified atom stereocenters. The van der Waals surface area contributed by atoms with Crippen LogP contribution in [-0.2, 0) is 32.6 Å². The summed E-state index contributed by atoms with van der Waals surface area (Å²) in [5, 5.41) is 11.1. The van der Waals surface area contributed by atoms with Gasteiger partial charge in [0.1, 0.15) is 0 Å². The van der Waals surface area contributed by atoms with Gasteiger partial charge in [-0.15, -0.1) is 0 Å². The van der Waals surface area contributed by atoms with Gasteiger partial charge in [0.2, 0.25) is 0 Å². The zero-order chi connectivity index (χ0) is 23.2. The summed E-state index contributed by atoms with van der Waals surface area (Å²) < 4.78 is 0. The Balaban J connectivity index is 1.28. The van der Waals surface area contributed by atoms with Gasteiger partial charge >= 0.3 is 0 Å². The molecule has 0 bridgehead atoms. The summed E-state index contributed by atoms with van der Waals surface area (Å²) in [6.45, 7) is 5.33. The molecule has 2 N–H and O–H groups in total. The fourth-order valence-electron chi connectivity index (χ4n) is 4.81. The van der Waals surface area contributed by atoms with E-state index < -0.39 is 0 Å². The SMILES string of the molecule is Cc1cc(CN(Cc2ccc(CNCc3ccccn3)cc2)C2CCCc3cccnc32)n[nH]1. The summed E-state index contributed by atoms with van der Waals surface area (Å²) in [6.07, 6.45) is 7.21. The molecule has 0 amide bonds. The molecule has 3 heterocycles. The van der Waals surface area contributed by atoms with E-state index in [4.69, 9.17) is 4.98 Å². The molecule has 0 saturated heterocycles. The minimum absolute atomic E-state index is 0.307. The number of hydrogen-bond acceptors (Lipinski definition) is 5. The van der Waals surface area contributed by atoms with E-state index in [0.717, 1.165) is 56.1 Å². The van der Waals surface area contributed by atoms with E-state index in [-0.39, 0.29) is 0 Å². The van der Waals surface area contributed by atoms with Crippen molar-refractivity contribution in [2.24, 2.45) is 0 Å². The van der Waals surface area contributed by atoms with Crippen LogP contribution >= 0.6 is 0 Å². The molecule has 0 aliphatic heterocycles. The highest BCUT2D eigenvalue weighted by Gasteiger charge is 2.27. The second-order valence-corrected chi connectivity index (χ2v) is 9.14. The van der Waals surface area contributed by atoms with Gasteiger partial charge in [0.25, 0.3) is 0 Å². The summed E-state index contributed by atoms with van der Waals surface area (Å²) in [6, 6.07) is 21.7. The van der Waals surface area contributed by atoms with E-state index in [9.17, 15) is 0 Å². The van der Waals surface area contributed by atoms with Crippen LogP contribution in [0.1, 0.15) is 58.3 Å². The standard InChI is InChI=1S/C28H32N6/c1-21-16-26(33-32-21)20-34(27-9-4-6-24-7-5-15-31-28(24)27)19-23-12-10-22(11-13-23)17-29-18-25-8-2-3-14-30-25/h2-3,5,7-8,10-16,27,29H,4,6,9,17-20H2,1H3,(H,32,33). The van der Waals surface area contributed by atoms with E-state index in [0.29, 0.717) is 6.04 Å². The lowest BCUT2D eigenvalue weighted by molar-refractivity contribution is 0.155. The molecule has 34 heavy (non-hydrogen) atoms. The van der Waals surface area contributed by atoms with Crippen LogP contribution in [0.5, 0.6) is 0 Å². The molecule has 0 radical (unpaired) electrons. The number of aromatic nitrogens is 4. The van der Waals surface area contributed by atoms with Crippen molar-refractivity contribution in [2.75, 3.05) is 0 Å². The van der Waals surface area contributed by atoms with Crippen molar-refractivity contribution in [2.45, 2.75) is 58.4 Å². The van der Waals surface area contributed by atoms with Crippen LogP contribution in [0.15, 0.2) is 73.1 Å². The highest BCUT2D eigenvalue weighted by atomic mass is 15.2. The lowest BCUT2D eigenvalue weighted by Crippen LogP contribution is -2.31. The van der Waals surface area contributed by atoms with Crippen molar-refractivity contribution in [3.05, 3.63) is 113 Å². The van der Waals surface area contributed by atoms with Crippen molar-refractivity contribution in [1.82, 2.24) is 30.4 Å². The number of pyridine rings is 2. The maximum Gasteiger partial charge on any atom is 0.0765 e. The monoisotopic (exact) mass is 452 g/mol. The first-order chi connectivity index (χ1) is 16.7. The van der Waals surface area contributed by atoms with Gasteiger partial charge in [-0.1, -0.05) is 36.4 Å². The van der Waals surface area contributed by atoms with Crippen LogP contribution in [0.4, 0.5) is 0 Å². The average Bonchev–Trinajstić information content (AvgIpc) is 3.29. The largest absolute Gasteiger partial charge is 0.307 e. The van der Waals surface area contributed by atoms with Gasteiger partial charge < -0.3 is 5.32 Å². The normalized spacial score (nSPS) is 15.4. The molecular formula is C28H32N6. The van der Waals surface area contributed by atoms with Crippen LogP contribution in [0.3, 0.4) is 0 Å². The summed E-state index contributed by atoms with van der Waals surface area (Å²) in [7, 11) is 0. The predicted octanol–water partition coefficient (Wildman–Crippen LogP) is 4.88. The molecule has 174 valence electrons. The first kappa shape index (κ1) is 22.4. The first-order valence-electron chi connectivity index (χ1n) is 12.1. The molecule has 0 spiro atoms. The number of fused-ring (bicyclic) bond motifs is 1. The lowest BCUT2D eigenvalue weighted by Gasteiger charge is -2.34. The summed E-state index contributed by atoms with van der Waals surface area (Å²) in [5.41, 5.74) is 8.44. The molecule has 5 rings (SSSR count). The van der Waals surface area contributed by atoms with E-state index in [1.807, 2.05) is 30.6 Å². The van der Waals surface area contributed by atoms with E-state index in [1.165, 1.54) is 28.8 Å². The van der Waals surface area contributed by atoms with Gasteiger partial charge in [0.15, 0.2) is 0 Å². The molecular weight excluding hydrogens is 420 g/mol. The fourth-order valence-corrected chi connectivity index (χ4v) is 4.81. The quantitative estimate of drug-likeness (QED) is 0.379. The van der Waals surface area contributed by atoms with Gasteiger partial charge in [0.05, 0.1) is 23.1 Å². The zero-order valence-electron chi connectivity index (χ0n) is 19.7. The highest BCUT2D eigenvalue weighted by molar-refractivity contribution is 5.27. The molecule has 1 aliphatic rings. The molecule has 6 nitrogen and oxygen atoms in total. The molecule has 1 aromatic carbocycles. The Morgan fingerprint density at radius 2 is 1.76 bits per heavy atom. The smallest absolute Gasteiger partial charge is 0.0765 e. The van der Waals surface area contributed by atoms with Gasteiger partial charge in [-0.05, 0) is 67.1 Å². The zero-order valence-corrected chi connectivity index (χ0v) is 19.7. The summed E-state index contributed by atoms with van der Waals surface area (Å²) >= 11 is 0. The maximum absolute atomic E-state index is 4.80. The number of hydrogen-bond donors (Lipinski definition) is 2. The minimum Gasteiger partial charge on any atom is -0.307 e. The molecule has 3 aromatic heterocycles. The first-order valence-corrected chi connectivity index (χ1v) is 12.1. The van der Waals surface area contributed by atoms with Gasteiger partial charge in [-0.3, -0.25) is 20.0 Å². The van der Waals surface area contributed by atoms with Crippen LogP contribution in [0.25, 0.3) is 0 Å². The van der Waals surface area contributed by atoms with Crippen LogP contribution in [0, 0.1) is 6.92 Å². The number of nitrogens with one attached hydrogen (secondary N) is 2. The van der Waals surface area contributed by atoms with Gasteiger partial charge in [-0.2, -0.15) is 5.10 Å². The number of nitrogens with zero attached hydrogens (tertiary/aromatic N) is 4. The molecule has 0 saturated carbocycles. The highest BCUT2D eigenvalue weighted by Crippen LogP contribution is 2.34. The number of benzene rings is 1. The van der Waals surface area contributed by atoms with Crippen molar-refractivity contribution >= 4 is 0 Å². The molecule has 6 heteroatoms. The Hall–Kier alpha value is -3.35. The average molecular weight is 453 g/mol. The third kappa shape index (κ3) is 5.58. The lowest BCUT2D eigenvalue weighted by atomic mass is 9.90. The van der Waals surface area contributed by atoms with Crippen LogP contribution < -0.4 is 5.32 Å². The van der Waals surface area contributed by atoms with Crippen LogP contribution in [-0.4, -0.2) is 25.1 Å². The molecule has 4 aromatic rings. The maximum atomic E-state index is 4.80. The van der Waals surface area contributed by atoms with E-state index in [1.54, 1.807) is 0 Å². The van der Waals surface area contributed by atoms with Crippen molar-refractivity contribution in [1.29, 1.82) is 0 Å². The second kappa shape index (κ2) is 10.7. The summed E-state index contributed by atoms with van der Waals surface area (Å²) in [5.74, 6) is 0. The Bertz CT molecular complexity index is 1190. The van der Waals surface area contributed by atoms with Gasteiger partial charge in [0, 0.05) is 44.3 Å². The number of aryl methyl sites for hydroxylation is 2. The Morgan fingerprint density at radius 1 is 0.912 bits per heavy atom. The number of H-pyrrole nitrogens is 1. The topological polar surface area (TPSA) is 69.7 Å². The number of rotatable bonds is 9. The predicted molar refractivity (Wildman–Crippen MR) is 134 cm³/mol. The molecule has 1 atom stereocenters. The molecule has 0 fully saturated rings. The summed E-state index contributed by atoms with van der Waals surface area (Å²) in [4.78, 5) is 11.7.